The first-order chi connectivity index (χ1) is 12.6. The summed E-state index contributed by atoms with van der Waals surface area (Å²) in [7, 11) is 0. The molecule has 144 valence electrons. The van der Waals surface area contributed by atoms with E-state index in [4.69, 9.17) is 9.15 Å². The molecule has 0 aromatic carbocycles. The van der Waals surface area contributed by atoms with Gasteiger partial charge in [0.1, 0.15) is 12.3 Å². The molecule has 0 saturated carbocycles. The Kier molecular flexibility index (Phi) is 8.41. The molecule has 1 aromatic rings. The van der Waals surface area contributed by atoms with Gasteiger partial charge in [-0.05, 0) is 31.4 Å². The van der Waals surface area contributed by atoms with Crippen molar-refractivity contribution in [2.45, 2.75) is 51.7 Å². The SMILES string of the molecule is C=CCN(CC(=O)N(Cc1ccco1)C[C@H]1CCCO1)C(=O)CCCC. The topological polar surface area (TPSA) is 63.0 Å². The number of nitrogens with zero attached hydrogens (tertiary/aromatic N) is 2. The van der Waals surface area contributed by atoms with Crippen LogP contribution in [0.4, 0.5) is 0 Å². The summed E-state index contributed by atoms with van der Waals surface area (Å²) >= 11 is 0. The van der Waals surface area contributed by atoms with Gasteiger partial charge in [-0.3, -0.25) is 9.59 Å². The number of furan rings is 1. The normalized spacial score (nSPS) is 16.4. The van der Waals surface area contributed by atoms with E-state index in [1.165, 1.54) is 0 Å². The number of hydrogen-bond donors (Lipinski definition) is 0. The van der Waals surface area contributed by atoms with Crippen LogP contribution in [-0.2, 0) is 20.9 Å². The van der Waals surface area contributed by atoms with Crippen LogP contribution in [0.15, 0.2) is 35.5 Å². The maximum absolute atomic E-state index is 12.9. The van der Waals surface area contributed by atoms with Gasteiger partial charge in [-0.15, -0.1) is 6.58 Å². The maximum Gasteiger partial charge on any atom is 0.242 e. The van der Waals surface area contributed by atoms with Crippen molar-refractivity contribution >= 4 is 11.8 Å². The van der Waals surface area contributed by atoms with Gasteiger partial charge in [0.2, 0.25) is 11.8 Å². The lowest BCUT2D eigenvalue weighted by molar-refractivity contribution is -0.141. The Hall–Kier alpha value is -2.08. The van der Waals surface area contributed by atoms with E-state index in [-0.39, 0.29) is 24.5 Å². The fourth-order valence-corrected chi connectivity index (χ4v) is 3.04. The monoisotopic (exact) mass is 362 g/mol. The predicted molar refractivity (Wildman–Crippen MR) is 99.4 cm³/mol. The van der Waals surface area contributed by atoms with Gasteiger partial charge in [0.15, 0.2) is 0 Å². The highest BCUT2D eigenvalue weighted by Gasteiger charge is 2.25. The summed E-state index contributed by atoms with van der Waals surface area (Å²) in [6.45, 7) is 7.83. The molecule has 1 aliphatic rings. The molecule has 6 heteroatoms. The second kappa shape index (κ2) is 10.8. The van der Waals surface area contributed by atoms with Gasteiger partial charge in [-0.2, -0.15) is 0 Å². The predicted octanol–water partition coefficient (Wildman–Crippen LogP) is 2.99. The Morgan fingerprint density at radius 3 is 2.81 bits per heavy atom. The van der Waals surface area contributed by atoms with Crippen LogP contribution in [0.5, 0.6) is 0 Å². The first-order valence-corrected chi connectivity index (χ1v) is 9.44. The highest BCUT2D eigenvalue weighted by Crippen LogP contribution is 2.16. The zero-order valence-electron chi connectivity index (χ0n) is 15.7. The first-order valence-electron chi connectivity index (χ1n) is 9.44. The van der Waals surface area contributed by atoms with E-state index in [1.807, 2.05) is 19.1 Å². The number of unbranched alkanes of at least 4 members (excludes halogenated alkanes) is 1. The average Bonchev–Trinajstić information content (AvgIpc) is 3.32. The third-order valence-corrected chi connectivity index (χ3v) is 4.50. The maximum atomic E-state index is 12.9. The fraction of sp³-hybridized carbons (Fsp3) is 0.600. The molecule has 2 rings (SSSR count). The highest BCUT2D eigenvalue weighted by molar-refractivity contribution is 5.85. The molecule has 1 aliphatic heterocycles. The van der Waals surface area contributed by atoms with Gasteiger partial charge in [-0.25, -0.2) is 0 Å². The van der Waals surface area contributed by atoms with Crippen LogP contribution in [0, 0.1) is 0 Å². The molecule has 0 N–H and O–H groups in total. The lowest BCUT2D eigenvalue weighted by Crippen LogP contribution is -2.45. The molecule has 26 heavy (non-hydrogen) atoms. The molecule has 1 aromatic heterocycles. The fourth-order valence-electron chi connectivity index (χ4n) is 3.04. The van der Waals surface area contributed by atoms with Crippen LogP contribution in [0.2, 0.25) is 0 Å². The number of ether oxygens (including phenoxy) is 1. The second-order valence-electron chi connectivity index (χ2n) is 6.66. The molecular weight excluding hydrogens is 332 g/mol. The van der Waals surface area contributed by atoms with Crippen molar-refractivity contribution in [3.05, 3.63) is 36.8 Å². The molecule has 0 spiro atoms. The molecule has 1 fully saturated rings. The van der Waals surface area contributed by atoms with Gasteiger partial charge in [0.25, 0.3) is 0 Å². The van der Waals surface area contributed by atoms with E-state index in [2.05, 4.69) is 6.58 Å². The summed E-state index contributed by atoms with van der Waals surface area (Å²) in [6, 6.07) is 3.66. The quantitative estimate of drug-likeness (QED) is 0.568. The summed E-state index contributed by atoms with van der Waals surface area (Å²) in [6.07, 6.45) is 7.52. The lowest BCUT2D eigenvalue weighted by atomic mass is 10.2. The van der Waals surface area contributed by atoms with Crippen molar-refractivity contribution in [1.29, 1.82) is 0 Å². The summed E-state index contributed by atoms with van der Waals surface area (Å²) in [4.78, 5) is 28.6. The average molecular weight is 362 g/mol. The van der Waals surface area contributed by atoms with E-state index in [0.717, 1.165) is 38.1 Å². The minimum absolute atomic E-state index is 0.00448. The second-order valence-corrected chi connectivity index (χ2v) is 6.66. The molecule has 0 bridgehead atoms. The van der Waals surface area contributed by atoms with Crippen molar-refractivity contribution in [1.82, 2.24) is 9.80 Å². The van der Waals surface area contributed by atoms with Crippen molar-refractivity contribution < 1.29 is 18.7 Å². The zero-order valence-corrected chi connectivity index (χ0v) is 15.7. The summed E-state index contributed by atoms with van der Waals surface area (Å²) < 4.78 is 11.1. The van der Waals surface area contributed by atoms with Gasteiger partial charge >= 0.3 is 0 Å². The molecule has 0 radical (unpaired) electrons. The van der Waals surface area contributed by atoms with E-state index in [0.29, 0.717) is 26.1 Å². The van der Waals surface area contributed by atoms with Crippen molar-refractivity contribution in [2.24, 2.45) is 0 Å². The van der Waals surface area contributed by atoms with E-state index >= 15 is 0 Å². The smallest absolute Gasteiger partial charge is 0.242 e. The Bertz CT molecular complexity index is 564. The van der Waals surface area contributed by atoms with Crippen molar-refractivity contribution in [2.75, 3.05) is 26.2 Å². The Morgan fingerprint density at radius 2 is 2.19 bits per heavy atom. The zero-order chi connectivity index (χ0) is 18.8. The summed E-state index contributed by atoms with van der Waals surface area (Å²) in [5, 5.41) is 0. The highest BCUT2D eigenvalue weighted by atomic mass is 16.5. The van der Waals surface area contributed by atoms with Crippen LogP contribution in [0.3, 0.4) is 0 Å². The van der Waals surface area contributed by atoms with Crippen LogP contribution in [-0.4, -0.2) is 54.0 Å². The molecule has 0 unspecified atom stereocenters. The lowest BCUT2D eigenvalue weighted by Gasteiger charge is -2.28. The molecule has 0 aliphatic carbocycles. The molecular formula is C20H30N2O4. The first kappa shape index (κ1) is 20.2. The van der Waals surface area contributed by atoms with Crippen LogP contribution in [0.1, 0.15) is 44.8 Å². The Morgan fingerprint density at radius 1 is 1.35 bits per heavy atom. The van der Waals surface area contributed by atoms with E-state index < -0.39 is 0 Å². The third kappa shape index (κ3) is 6.33. The van der Waals surface area contributed by atoms with Crippen LogP contribution < -0.4 is 0 Å². The number of hydrogen-bond acceptors (Lipinski definition) is 4. The van der Waals surface area contributed by atoms with Crippen molar-refractivity contribution in [3.8, 4) is 0 Å². The minimum Gasteiger partial charge on any atom is -0.467 e. The summed E-state index contributed by atoms with van der Waals surface area (Å²) in [5.41, 5.74) is 0. The number of carbonyl (C=O) groups excluding carboxylic acids is 2. The van der Waals surface area contributed by atoms with E-state index in [9.17, 15) is 9.59 Å². The van der Waals surface area contributed by atoms with Gasteiger partial charge < -0.3 is 19.0 Å². The van der Waals surface area contributed by atoms with Gasteiger partial charge in [-0.1, -0.05) is 19.4 Å². The largest absolute Gasteiger partial charge is 0.467 e. The molecule has 1 atom stereocenters. The number of amides is 2. The summed E-state index contributed by atoms with van der Waals surface area (Å²) in [5.74, 6) is 0.627. The van der Waals surface area contributed by atoms with E-state index in [1.54, 1.807) is 22.1 Å². The Labute approximate surface area is 155 Å². The Balaban J connectivity index is 2.01. The van der Waals surface area contributed by atoms with Crippen LogP contribution in [0.25, 0.3) is 0 Å². The molecule has 6 nitrogen and oxygen atoms in total. The molecule has 1 saturated heterocycles. The molecule has 2 amide bonds. The molecule has 2 heterocycles. The number of carbonyl (C=O) groups is 2. The third-order valence-electron chi connectivity index (χ3n) is 4.50. The van der Waals surface area contributed by atoms with Gasteiger partial charge in [0.05, 0.1) is 18.9 Å². The van der Waals surface area contributed by atoms with Crippen LogP contribution >= 0.6 is 0 Å². The minimum atomic E-state index is -0.0939. The van der Waals surface area contributed by atoms with Crippen molar-refractivity contribution in [3.63, 3.8) is 0 Å². The number of rotatable bonds is 11. The van der Waals surface area contributed by atoms with Gasteiger partial charge in [0, 0.05) is 26.1 Å². The standard InChI is InChI=1S/C20H30N2O4/c1-3-5-10-19(23)21(11-4-2)16-20(24)22(14-17-8-6-12-25-17)15-18-9-7-13-26-18/h4,6,8,12,18H,2-3,5,7,9-11,13-16H2,1H3/t18-/m1/s1.